The Balaban J connectivity index is 0. The molecular formula is C22H46Cl2N4S2. The highest BCUT2D eigenvalue weighted by molar-refractivity contribution is 8.00. The Bertz CT molecular complexity index is 458. The number of thiol groups is 1. The molecule has 2 aliphatic carbocycles. The van der Waals surface area contributed by atoms with E-state index < -0.39 is 0 Å². The summed E-state index contributed by atoms with van der Waals surface area (Å²) in [5.74, 6) is 5.91. The van der Waals surface area contributed by atoms with E-state index in [0.29, 0.717) is 0 Å². The van der Waals surface area contributed by atoms with Gasteiger partial charge in [0.1, 0.15) is 0 Å². The van der Waals surface area contributed by atoms with E-state index in [1.165, 1.54) is 25.7 Å². The van der Waals surface area contributed by atoms with Crippen LogP contribution < -0.4 is 46.3 Å². The molecule has 4 nitrogen and oxygen atoms in total. The highest BCUT2D eigenvalue weighted by Crippen LogP contribution is 2.36. The molecule has 0 heterocycles. The molecule has 6 N–H and O–H groups in total. The third kappa shape index (κ3) is 15.2. The van der Waals surface area contributed by atoms with E-state index in [-0.39, 0.29) is 24.8 Å². The van der Waals surface area contributed by atoms with Crippen LogP contribution >= 0.6 is 24.4 Å². The molecule has 0 amide bonds. The minimum absolute atomic E-state index is 0. The van der Waals surface area contributed by atoms with Crippen molar-refractivity contribution >= 4 is 35.9 Å². The van der Waals surface area contributed by atoms with Crippen LogP contribution in [0.4, 0.5) is 0 Å². The fourth-order valence-corrected chi connectivity index (χ4v) is 4.76. The molecule has 2 aliphatic rings. The van der Waals surface area contributed by atoms with Crippen LogP contribution in [-0.4, -0.2) is 47.9 Å². The van der Waals surface area contributed by atoms with Crippen molar-refractivity contribution < 1.29 is 35.2 Å². The Morgan fingerprint density at radius 1 is 1.03 bits per heavy atom. The van der Waals surface area contributed by atoms with Crippen molar-refractivity contribution in [1.29, 1.82) is 0 Å². The molecule has 180 valence electrons. The fourth-order valence-electron chi connectivity index (χ4n) is 3.31. The van der Waals surface area contributed by atoms with Gasteiger partial charge in [0.05, 0.1) is 13.1 Å². The minimum atomic E-state index is 0. The van der Waals surface area contributed by atoms with Crippen LogP contribution in [0.2, 0.25) is 0 Å². The van der Waals surface area contributed by atoms with E-state index in [1.807, 2.05) is 0 Å². The summed E-state index contributed by atoms with van der Waals surface area (Å²) in [7, 11) is 0. The van der Waals surface area contributed by atoms with Gasteiger partial charge in [-0.05, 0) is 43.4 Å². The van der Waals surface area contributed by atoms with Gasteiger partial charge in [0.2, 0.25) is 5.84 Å². The first-order valence-corrected chi connectivity index (χ1v) is 13.0. The van der Waals surface area contributed by atoms with Gasteiger partial charge in [-0.15, -0.1) is 0 Å². The first kappa shape index (κ1) is 32.6. The topological polar surface area (TPSA) is 77.6 Å². The first-order chi connectivity index (χ1) is 13.4. The van der Waals surface area contributed by atoms with Gasteiger partial charge in [0.15, 0.2) is 5.71 Å². The molecule has 30 heavy (non-hydrogen) atoms. The van der Waals surface area contributed by atoms with Crippen LogP contribution in [0, 0.1) is 17.8 Å². The zero-order chi connectivity index (χ0) is 20.8. The second-order valence-corrected chi connectivity index (χ2v) is 10.5. The quantitative estimate of drug-likeness (QED) is 0.0762. The maximum absolute atomic E-state index is 6.02. The Morgan fingerprint density at radius 2 is 1.63 bits per heavy atom. The number of thioether (sulfide) groups is 1. The monoisotopic (exact) mass is 500 g/mol. The van der Waals surface area contributed by atoms with Crippen molar-refractivity contribution in [3.05, 3.63) is 0 Å². The van der Waals surface area contributed by atoms with Crippen LogP contribution in [0.5, 0.6) is 0 Å². The molecule has 0 aliphatic heterocycles. The summed E-state index contributed by atoms with van der Waals surface area (Å²) in [6, 6.07) is 0. The van der Waals surface area contributed by atoms with Gasteiger partial charge in [-0.1, -0.05) is 33.6 Å². The number of amidine groups is 1. The van der Waals surface area contributed by atoms with Crippen molar-refractivity contribution in [3.63, 3.8) is 0 Å². The van der Waals surface area contributed by atoms with Crippen LogP contribution in [0.25, 0.3) is 0 Å². The van der Waals surface area contributed by atoms with E-state index in [9.17, 15) is 0 Å². The molecule has 0 aromatic rings. The Labute approximate surface area is 207 Å². The number of nitrogens with one attached hydrogen (secondary N) is 2. The third-order valence-corrected chi connectivity index (χ3v) is 8.00. The molecule has 0 radical (unpaired) electrons. The summed E-state index contributed by atoms with van der Waals surface area (Å²) in [4.78, 5) is 3.35. The number of rotatable bonds is 13. The van der Waals surface area contributed by atoms with Crippen molar-refractivity contribution in [3.8, 4) is 0 Å². The van der Waals surface area contributed by atoms with Crippen LogP contribution in [0.15, 0.2) is 0 Å². The largest absolute Gasteiger partial charge is 1.00 e. The molecule has 2 fully saturated rings. The Hall–Kier alpha value is 0.380. The smallest absolute Gasteiger partial charge is 0.240 e. The van der Waals surface area contributed by atoms with Crippen LogP contribution in [0.1, 0.15) is 72.1 Å². The molecule has 0 aromatic heterocycles. The lowest BCUT2D eigenvalue weighted by atomic mass is 9.77. The lowest BCUT2D eigenvalue weighted by molar-refractivity contribution is -0.453. The lowest BCUT2D eigenvalue weighted by Gasteiger charge is -2.32. The molecule has 0 aromatic carbocycles. The molecule has 2 saturated carbocycles. The molecule has 2 rings (SSSR count). The lowest BCUT2D eigenvalue weighted by Crippen LogP contribution is -3.00. The van der Waals surface area contributed by atoms with E-state index in [4.69, 9.17) is 11.1 Å². The number of hydrogen-bond acceptors (Lipinski definition) is 3. The van der Waals surface area contributed by atoms with Gasteiger partial charge < -0.3 is 30.1 Å². The summed E-state index contributed by atoms with van der Waals surface area (Å²) in [6.45, 7) is 9.71. The first-order valence-electron chi connectivity index (χ1n) is 11.3. The van der Waals surface area contributed by atoms with Crippen molar-refractivity contribution in [1.82, 2.24) is 5.32 Å². The van der Waals surface area contributed by atoms with E-state index in [0.717, 1.165) is 91.4 Å². The molecule has 4 unspecified atom stereocenters. The standard InChI is InChI=1S/C16H32N4S2.C6H12.2ClH/c1-13-6-7-15(13)22-11-9-20-16(18)5-3-2-4-14(17)12-19-8-10-21;1-5-3-4-6(5)2;;/h13,15,17,19,21H,2-12H2,1H3,(H2,18,20);5-6H,3-4H2,1-2H3;2*1H. The maximum atomic E-state index is 6.02. The second-order valence-electron chi connectivity index (χ2n) is 8.71. The van der Waals surface area contributed by atoms with Crippen LogP contribution in [0.3, 0.4) is 0 Å². The number of hydrogen-bond donors (Lipinski definition) is 5. The number of unbranched alkanes of at least 4 members (excludes halogenated alkanes) is 1. The predicted molar refractivity (Wildman–Crippen MR) is 129 cm³/mol. The molecule has 0 bridgehead atoms. The highest BCUT2D eigenvalue weighted by Gasteiger charge is 2.26. The fraction of sp³-hybridized carbons (Fsp3) is 0.909. The molecular weight excluding hydrogens is 455 g/mol. The molecule has 8 heteroatoms. The molecule has 0 saturated heterocycles. The SMILES string of the molecule is CC1CCC1C.CC1CCC1SCC[NH+]=C(N)CCCCC(=[NH2+])CNCCS.[Cl-].[Cl-]. The summed E-state index contributed by atoms with van der Waals surface area (Å²) in [5, 5.41) is 10.1. The minimum Gasteiger partial charge on any atom is -1.00 e. The van der Waals surface area contributed by atoms with Crippen molar-refractivity contribution in [2.24, 2.45) is 23.5 Å². The highest BCUT2D eigenvalue weighted by atomic mass is 35.5. The van der Waals surface area contributed by atoms with Gasteiger partial charge in [-0.3, -0.25) is 16.1 Å². The molecule has 0 spiro atoms. The summed E-state index contributed by atoms with van der Waals surface area (Å²) >= 11 is 6.24. The maximum Gasteiger partial charge on any atom is 0.240 e. The summed E-state index contributed by atoms with van der Waals surface area (Å²) in [5.41, 5.74) is 7.04. The average molecular weight is 502 g/mol. The Kier molecular flexibility index (Phi) is 21.7. The van der Waals surface area contributed by atoms with E-state index in [1.54, 1.807) is 0 Å². The van der Waals surface area contributed by atoms with Crippen molar-refractivity contribution in [2.45, 2.75) is 77.4 Å². The van der Waals surface area contributed by atoms with E-state index in [2.05, 4.69) is 55.5 Å². The second kappa shape index (κ2) is 20.0. The normalized spacial score (nSPS) is 24.9. The van der Waals surface area contributed by atoms with Crippen molar-refractivity contribution in [2.75, 3.05) is 31.1 Å². The predicted octanol–water partition coefficient (Wildman–Crippen LogP) is -4.70. The average Bonchev–Trinajstić information content (AvgIpc) is 2.69. The van der Waals surface area contributed by atoms with Gasteiger partial charge in [-0.2, -0.15) is 24.4 Å². The Morgan fingerprint density at radius 3 is 2.10 bits per heavy atom. The van der Waals surface area contributed by atoms with E-state index >= 15 is 0 Å². The summed E-state index contributed by atoms with van der Waals surface area (Å²) < 4.78 is 0. The number of halogens is 2. The van der Waals surface area contributed by atoms with Gasteiger partial charge in [-0.25, -0.2) is 0 Å². The van der Waals surface area contributed by atoms with Gasteiger partial charge >= 0.3 is 0 Å². The van der Waals surface area contributed by atoms with Gasteiger partial charge in [0.25, 0.3) is 0 Å². The zero-order valence-corrected chi connectivity index (χ0v) is 22.5. The number of nitrogens with two attached hydrogens (primary N) is 2. The van der Waals surface area contributed by atoms with Gasteiger partial charge in [0, 0.05) is 36.1 Å². The van der Waals surface area contributed by atoms with Crippen LogP contribution in [-0.2, 0) is 0 Å². The molecule has 4 atom stereocenters. The zero-order valence-electron chi connectivity index (χ0n) is 19.3. The summed E-state index contributed by atoms with van der Waals surface area (Å²) in [6.07, 6.45) is 9.87. The third-order valence-electron chi connectivity index (χ3n) is 6.21.